The zero-order chi connectivity index (χ0) is 9.90. The van der Waals surface area contributed by atoms with E-state index >= 15 is 0 Å². The molecule has 1 aromatic rings. The Bertz CT molecular complexity index is 322. The monoisotopic (exact) mass is 297 g/mol. The van der Waals surface area contributed by atoms with Crippen molar-refractivity contribution in [3.8, 4) is 0 Å². The van der Waals surface area contributed by atoms with Gasteiger partial charge in [0.25, 0.3) is 0 Å². The second kappa shape index (κ2) is 4.91. The third kappa shape index (κ3) is 2.78. The predicted octanol–water partition coefficient (Wildman–Crippen LogP) is 2.50. The molecule has 0 saturated heterocycles. The van der Waals surface area contributed by atoms with Gasteiger partial charge in [-0.3, -0.25) is 0 Å². The molecule has 1 rings (SSSR count). The van der Waals surface area contributed by atoms with Crippen LogP contribution in [-0.4, -0.2) is 16.0 Å². The smallest absolute Gasteiger partial charge is 0.169 e. The van der Waals surface area contributed by atoms with E-state index in [2.05, 4.69) is 14.8 Å². The fraction of sp³-hybridized carbons (Fsp3) is 0.143. The fourth-order valence-electron chi connectivity index (χ4n) is 0.827. The molecule has 6 heteroatoms. The van der Waals surface area contributed by atoms with Crippen LogP contribution in [0.2, 0.25) is 0 Å². The first-order valence-electron chi connectivity index (χ1n) is 3.50. The van der Waals surface area contributed by atoms with Crippen molar-refractivity contribution < 1.29 is 4.89 Å². The lowest BCUT2D eigenvalue weighted by molar-refractivity contribution is 0.594. The van der Waals surface area contributed by atoms with Crippen molar-refractivity contribution in [2.75, 3.05) is 7.05 Å². The molecule has 13 heavy (non-hydrogen) atoms. The van der Waals surface area contributed by atoms with Gasteiger partial charge in [0, 0.05) is 37.5 Å². The molecule has 0 aliphatic rings. The van der Waals surface area contributed by atoms with E-state index < -0.39 is 6.42 Å². The molecular formula is C7H9BrNOPS2. The first-order valence-corrected chi connectivity index (χ1v) is 8.82. The van der Waals surface area contributed by atoms with Gasteiger partial charge in [-0.2, -0.15) is 4.08 Å². The fourth-order valence-corrected chi connectivity index (χ4v) is 5.45. The van der Waals surface area contributed by atoms with E-state index in [1.165, 1.54) is 10.4 Å². The first kappa shape index (κ1) is 11.7. The molecule has 0 aliphatic carbocycles. The highest BCUT2D eigenvalue weighted by Crippen LogP contribution is 2.48. The van der Waals surface area contributed by atoms with Gasteiger partial charge >= 0.3 is 0 Å². The lowest BCUT2D eigenvalue weighted by atomic mass is 10.4. The van der Waals surface area contributed by atoms with Crippen molar-refractivity contribution in [2.45, 2.75) is 0 Å². The standard InChI is InChI=1S/C7H9BrNOPS2/c1-9(13-8)11(10,12)7-5-3-2-4-6-7/h2-6H,1H3,(H,10,12). The third-order valence-corrected chi connectivity index (χ3v) is 8.11. The molecule has 0 amide bonds. The Morgan fingerprint density at radius 2 is 2.00 bits per heavy atom. The summed E-state index contributed by atoms with van der Waals surface area (Å²) in [6.45, 7) is 0. The molecule has 0 spiro atoms. The molecule has 1 atom stereocenters. The Labute approximate surface area is 94.8 Å². The minimum Gasteiger partial charge on any atom is -0.350 e. The molecule has 0 aromatic heterocycles. The SMILES string of the molecule is CN(SBr)P(O)(=S)c1ccccc1. The van der Waals surface area contributed by atoms with Gasteiger partial charge in [0.2, 0.25) is 0 Å². The van der Waals surface area contributed by atoms with Crippen LogP contribution >= 0.6 is 31.6 Å². The van der Waals surface area contributed by atoms with Gasteiger partial charge in [0.15, 0.2) is 6.42 Å². The van der Waals surface area contributed by atoms with Crippen molar-refractivity contribution in [1.82, 2.24) is 4.08 Å². The number of halogens is 1. The second-order valence-corrected chi connectivity index (χ2v) is 7.97. The Morgan fingerprint density at radius 3 is 2.46 bits per heavy atom. The van der Waals surface area contributed by atoms with Gasteiger partial charge in [-0.25, -0.2) is 0 Å². The van der Waals surface area contributed by atoms with E-state index in [-0.39, 0.29) is 0 Å². The van der Waals surface area contributed by atoms with Crippen LogP contribution in [0.25, 0.3) is 0 Å². The van der Waals surface area contributed by atoms with E-state index in [1.807, 2.05) is 30.3 Å². The van der Waals surface area contributed by atoms with Crippen LogP contribution < -0.4 is 5.30 Å². The van der Waals surface area contributed by atoms with Gasteiger partial charge in [-0.15, -0.1) is 0 Å². The van der Waals surface area contributed by atoms with Crippen LogP contribution in [0.5, 0.6) is 0 Å². The Balaban J connectivity index is 3.01. The molecule has 0 heterocycles. The summed E-state index contributed by atoms with van der Waals surface area (Å²) in [5.41, 5.74) is 0. The maximum Gasteiger partial charge on any atom is 0.169 e. The van der Waals surface area contributed by atoms with Crippen molar-refractivity contribution in [1.29, 1.82) is 0 Å². The number of benzene rings is 1. The summed E-state index contributed by atoms with van der Waals surface area (Å²) in [5.74, 6) is 0. The molecular weight excluding hydrogens is 289 g/mol. The number of rotatable bonds is 3. The zero-order valence-electron chi connectivity index (χ0n) is 6.92. The van der Waals surface area contributed by atoms with E-state index in [0.29, 0.717) is 0 Å². The average Bonchev–Trinajstić information content (AvgIpc) is 2.18. The summed E-state index contributed by atoms with van der Waals surface area (Å²) in [5, 5.41) is 0.805. The van der Waals surface area contributed by atoms with E-state index in [1.54, 1.807) is 11.1 Å². The lowest BCUT2D eigenvalue weighted by Crippen LogP contribution is -2.14. The van der Waals surface area contributed by atoms with Crippen molar-refractivity contribution in [3.63, 3.8) is 0 Å². The summed E-state index contributed by atoms with van der Waals surface area (Å²) < 4.78 is 1.66. The molecule has 0 aliphatic heterocycles. The molecule has 1 aromatic carbocycles. The van der Waals surface area contributed by atoms with Crippen LogP contribution in [0.4, 0.5) is 0 Å². The normalized spacial score (nSPS) is 15.7. The summed E-state index contributed by atoms with van der Waals surface area (Å²) >= 11 is 8.37. The van der Waals surface area contributed by atoms with Crippen molar-refractivity contribution in [3.05, 3.63) is 30.3 Å². The maximum absolute atomic E-state index is 10.1. The molecule has 0 saturated carbocycles. The minimum absolute atomic E-state index is 0.805. The lowest BCUT2D eigenvalue weighted by Gasteiger charge is -2.23. The summed E-state index contributed by atoms with van der Waals surface area (Å²) in [4.78, 5) is 10.1. The number of hydrogen-bond acceptors (Lipinski definition) is 2. The predicted molar refractivity (Wildman–Crippen MR) is 66.9 cm³/mol. The van der Waals surface area contributed by atoms with Gasteiger partial charge < -0.3 is 4.89 Å². The number of hydrogen-bond donors (Lipinski definition) is 1. The molecule has 1 N–H and O–H groups in total. The Hall–Kier alpha value is 0.620. The molecule has 0 radical (unpaired) electrons. The molecule has 0 bridgehead atoms. The summed E-state index contributed by atoms with van der Waals surface area (Å²) in [6, 6.07) is 9.35. The highest BCUT2D eigenvalue weighted by Gasteiger charge is 2.21. The van der Waals surface area contributed by atoms with Gasteiger partial charge in [0.1, 0.15) is 0 Å². The Morgan fingerprint density at radius 1 is 1.46 bits per heavy atom. The number of nitrogens with zero attached hydrogens (tertiary/aromatic N) is 1. The van der Waals surface area contributed by atoms with E-state index in [0.717, 1.165) is 5.30 Å². The van der Waals surface area contributed by atoms with Crippen LogP contribution in [-0.2, 0) is 11.8 Å². The molecule has 1 unspecified atom stereocenters. The second-order valence-electron chi connectivity index (χ2n) is 2.41. The van der Waals surface area contributed by atoms with E-state index in [4.69, 9.17) is 11.8 Å². The Kier molecular flexibility index (Phi) is 4.42. The summed E-state index contributed by atoms with van der Waals surface area (Å²) in [6.07, 6.45) is -2.55. The quantitative estimate of drug-likeness (QED) is 0.684. The summed E-state index contributed by atoms with van der Waals surface area (Å²) in [7, 11) is 3.04. The van der Waals surface area contributed by atoms with Crippen LogP contribution in [0.15, 0.2) is 30.3 Å². The third-order valence-electron chi connectivity index (χ3n) is 1.57. The van der Waals surface area contributed by atoms with Crippen molar-refractivity contribution >= 4 is 48.7 Å². The topological polar surface area (TPSA) is 23.5 Å². The highest BCUT2D eigenvalue weighted by molar-refractivity contribution is 9.50. The van der Waals surface area contributed by atoms with Crippen LogP contribution in [0.3, 0.4) is 0 Å². The van der Waals surface area contributed by atoms with Gasteiger partial charge in [-0.1, -0.05) is 30.3 Å². The first-order chi connectivity index (χ1) is 6.09. The van der Waals surface area contributed by atoms with E-state index in [9.17, 15) is 4.89 Å². The van der Waals surface area contributed by atoms with Crippen LogP contribution in [0.1, 0.15) is 0 Å². The largest absolute Gasteiger partial charge is 0.350 e. The molecule has 0 fully saturated rings. The highest BCUT2D eigenvalue weighted by atomic mass is 79.9. The van der Waals surface area contributed by atoms with Crippen LogP contribution in [0, 0.1) is 0 Å². The molecule has 2 nitrogen and oxygen atoms in total. The average molecular weight is 298 g/mol. The minimum atomic E-state index is -2.55. The zero-order valence-corrected chi connectivity index (χ0v) is 11.0. The van der Waals surface area contributed by atoms with Gasteiger partial charge in [0.05, 0.1) is 0 Å². The molecule has 72 valence electrons. The van der Waals surface area contributed by atoms with Gasteiger partial charge in [-0.05, 0) is 11.8 Å². The maximum atomic E-state index is 10.1. The van der Waals surface area contributed by atoms with Crippen molar-refractivity contribution in [2.24, 2.45) is 0 Å².